The molecule has 10 aromatic carbocycles. The average molecular weight is 1140 g/mol. The van der Waals surface area contributed by atoms with Gasteiger partial charge in [-0.15, -0.1) is 0 Å². The minimum atomic E-state index is -0.189. The van der Waals surface area contributed by atoms with Crippen molar-refractivity contribution >= 4 is 118 Å². The third kappa shape index (κ3) is 9.10. The van der Waals surface area contributed by atoms with Crippen LogP contribution in [0.25, 0.3) is 49.3 Å². The molecule has 5 nitrogen and oxygen atoms in total. The Balaban J connectivity index is 1.20. The van der Waals surface area contributed by atoms with Crippen LogP contribution >= 0.6 is 0 Å². The molecule has 0 unspecified atom stereocenters. The molecule has 6 heteroatoms. The lowest BCUT2D eigenvalue weighted by Crippen LogP contribution is -2.61. The molecule has 434 valence electrons. The van der Waals surface area contributed by atoms with Crippen LogP contribution in [-0.2, 0) is 34.1 Å². The minimum absolute atomic E-state index is 0.0218. The molecule has 0 saturated carbocycles. The fourth-order valence-corrected chi connectivity index (χ4v) is 14.2. The van der Waals surface area contributed by atoms with Gasteiger partial charge >= 0.3 is 0 Å². The van der Waals surface area contributed by atoms with E-state index in [0.29, 0.717) is 0 Å². The summed E-state index contributed by atoms with van der Waals surface area (Å²) in [7, 11) is 2.27. The van der Waals surface area contributed by atoms with Crippen LogP contribution in [0.1, 0.15) is 132 Å². The molecule has 2 aliphatic heterocycles. The van der Waals surface area contributed by atoms with Crippen LogP contribution in [0, 0.1) is 0 Å². The maximum absolute atomic E-state index is 2.68. The number of aromatic nitrogens is 2. The van der Waals surface area contributed by atoms with Crippen molar-refractivity contribution < 1.29 is 0 Å². The number of hydrogen-bond acceptors (Lipinski definition) is 3. The second-order valence-corrected chi connectivity index (χ2v) is 30.1. The van der Waals surface area contributed by atoms with Crippen LogP contribution in [0.5, 0.6) is 0 Å². The Hall–Kier alpha value is -8.74. The number of benzene rings is 10. The highest BCUT2D eigenvalue weighted by molar-refractivity contribution is 7.00. The van der Waals surface area contributed by atoms with Crippen LogP contribution in [0.3, 0.4) is 0 Å². The fourth-order valence-electron chi connectivity index (χ4n) is 14.2. The second-order valence-electron chi connectivity index (χ2n) is 30.1. The number of hydrogen-bond donors (Lipinski definition) is 0. The molecule has 0 N–H and O–H groups in total. The third-order valence-electron chi connectivity index (χ3n) is 19.1. The number of aryl methyl sites for hydroxylation is 1. The van der Waals surface area contributed by atoms with Crippen molar-refractivity contribution in [3.05, 3.63) is 234 Å². The van der Waals surface area contributed by atoms with E-state index in [4.69, 9.17) is 0 Å². The van der Waals surface area contributed by atoms with Crippen molar-refractivity contribution in [3.63, 3.8) is 0 Å². The molecule has 0 radical (unpaired) electrons. The molecule has 0 aliphatic carbocycles. The highest BCUT2D eigenvalue weighted by atomic mass is 15.2. The van der Waals surface area contributed by atoms with Gasteiger partial charge in [-0.1, -0.05) is 219 Å². The summed E-state index contributed by atoms with van der Waals surface area (Å²) in [6.07, 6.45) is 0. The standard InChI is InChI=1S/C81H82BN5/c1-77(2,3)51-29-38-56(39-30-51)84(57-40-31-52(32-41-57)78(4,5)6)60-48-71-74-72(49-60)86(59-44-35-54(36-45-59)80(10,11)12)75-65(82(74)64-47-55(81(13,14)15)37-46-69(64)85(71)58-42-33-53(34-43-58)79(7,8)9)50-70-73(63-25-19-20-26-66(63)83(70)16)76(75)87-67-27-21-17-23-61(67)62-24-18-22-28-68(62)87/h17-50H,1-16H3. The summed E-state index contributed by atoms with van der Waals surface area (Å²) in [4.78, 5) is 7.80. The summed E-state index contributed by atoms with van der Waals surface area (Å²) in [5.41, 5.74) is 26.2. The quantitative estimate of drug-likeness (QED) is 0.155. The van der Waals surface area contributed by atoms with E-state index in [-0.39, 0.29) is 33.8 Å². The predicted molar refractivity (Wildman–Crippen MR) is 377 cm³/mol. The SMILES string of the molecule is Cn1c2ccccc2c2c(-n3c4ccccc4c4ccccc43)c3c(cc21)B1c2cc(C(C)(C)C)ccc2N(c2ccc(C(C)(C)C)cc2)c2cc(N(c4ccc(C(C)(C)C)cc4)c4ccc(C(C)(C)C)cc4)cc(c21)N3c1ccc(C(C)(C)C)cc1. The maximum atomic E-state index is 2.68. The Morgan fingerprint density at radius 3 is 1.20 bits per heavy atom. The van der Waals surface area contributed by atoms with Crippen LogP contribution in [0.15, 0.2) is 206 Å². The molecule has 0 saturated heterocycles. The summed E-state index contributed by atoms with van der Waals surface area (Å²) in [5, 5.41) is 4.93. The maximum Gasteiger partial charge on any atom is 0.252 e. The van der Waals surface area contributed by atoms with Gasteiger partial charge in [-0.05, 0) is 162 Å². The monoisotopic (exact) mass is 1140 g/mol. The van der Waals surface area contributed by atoms with Crippen LogP contribution in [0.2, 0.25) is 0 Å². The van der Waals surface area contributed by atoms with Crippen molar-refractivity contribution in [2.24, 2.45) is 7.05 Å². The number of anilines is 9. The molecule has 87 heavy (non-hydrogen) atoms. The Morgan fingerprint density at radius 1 is 0.322 bits per heavy atom. The van der Waals surface area contributed by atoms with Gasteiger partial charge in [0.2, 0.25) is 0 Å². The average Bonchev–Trinajstić information content (AvgIpc) is 1.68. The number of rotatable bonds is 6. The Kier molecular flexibility index (Phi) is 12.7. The first-order valence-electron chi connectivity index (χ1n) is 31.4. The van der Waals surface area contributed by atoms with Gasteiger partial charge in [0, 0.05) is 73.9 Å². The summed E-state index contributed by atoms with van der Waals surface area (Å²) < 4.78 is 5.08. The lowest BCUT2D eigenvalue weighted by molar-refractivity contribution is 0.590. The molecule has 4 heterocycles. The van der Waals surface area contributed by atoms with E-state index in [2.05, 4.69) is 341 Å². The van der Waals surface area contributed by atoms with Crippen molar-refractivity contribution in [2.45, 2.75) is 131 Å². The third-order valence-corrected chi connectivity index (χ3v) is 19.1. The van der Waals surface area contributed by atoms with Crippen molar-refractivity contribution in [3.8, 4) is 5.69 Å². The zero-order chi connectivity index (χ0) is 61.0. The van der Waals surface area contributed by atoms with E-state index in [1.165, 1.54) is 105 Å². The van der Waals surface area contributed by atoms with Gasteiger partial charge in [-0.3, -0.25) is 0 Å². The Morgan fingerprint density at radius 2 is 0.724 bits per heavy atom. The summed E-state index contributed by atoms with van der Waals surface area (Å²) in [6.45, 7) is 34.6. The first-order valence-corrected chi connectivity index (χ1v) is 31.4. The molecule has 14 rings (SSSR count). The summed E-state index contributed by atoms with van der Waals surface area (Å²) >= 11 is 0. The lowest BCUT2D eigenvalue weighted by Gasteiger charge is -2.46. The molecular formula is C81H82BN5. The van der Waals surface area contributed by atoms with Gasteiger partial charge in [0.25, 0.3) is 6.71 Å². The number of nitrogens with zero attached hydrogens (tertiary/aromatic N) is 5. The molecule has 0 spiro atoms. The Labute approximate surface area is 516 Å². The fraction of sp³-hybridized carbons (Fsp3) is 0.259. The van der Waals surface area contributed by atoms with Crippen LogP contribution in [0.4, 0.5) is 51.2 Å². The predicted octanol–water partition coefficient (Wildman–Crippen LogP) is 20.5. The van der Waals surface area contributed by atoms with Crippen molar-refractivity contribution in [1.29, 1.82) is 0 Å². The van der Waals surface area contributed by atoms with E-state index in [0.717, 1.165) is 39.8 Å². The van der Waals surface area contributed by atoms with E-state index >= 15 is 0 Å². The largest absolute Gasteiger partial charge is 0.344 e. The molecule has 2 aromatic heterocycles. The minimum Gasteiger partial charge on any atom is -0.344 e. The molecule has 12 aromatic rings. The molecule has 0 atom stereocenters. The highest BCUT2D eigenvalue weighted by Crippen LogP contribution is 2.53. The molecule has 0 amide bonds. The van der Waals surface area contributed by atoms with E-state index in [1.807, 2.05) is 0 Å². The van der Waals surface area contributed by atoms with Crippen LogP contribution in [-0.4, -0.2) is 15.8 Å². The molecule has 0 bridgehead atoms. The summed E-state index contributed by atoms with van der Waals surface area (Å²) in [5.74, 6) is 0. The van der Waals surface area contributed by atoms with Crippen molar-refractivity contribution in [2.75, 3.05) is 14.7 Å². The normalized spacial score (nSPS) is 13.7. The topological polar surface area (TPSA) is 19.6 Å². The number of para-hydroxylation sites is 3. The highest BCUT2D eigenvalue weighted by Gasteiger charge is 2.47. The van der Waals surface area contributed by atoms with E-state index in [1.54, 1.807) is 0 Å². The first kappa shape index (κ1) is 56.1. The van der Waals surface area contributed by atoms with Crippen molar-refractivity contribution in [1.82, 2.24) is 9.13 Å². The first-order chi connectivity index (χ1) is 41.3. The smallest absolute Gasteiger partial charge is 0.252 e. The lowest BCUT2D eigenvalue weighted by atomic mass is 9.33. The molecule has 2 aliphatic rings. The summed E-state index contributed by atoms with van der Waals surface area (Å²) in [6, 6.07) is 80.0. The van der Waals surface area contributed by atoms with Gasteiger partial charge in [-0.25, -0.2) is 0 Å². The van der Waals surface area contributed by atoms with Gasteiger partial charge in [-0.2, -0.15) is 0 Å². The van der Waals surface area contributed by atoms with Crippen LogP contribution < -0.4 is 31.1 Å². The molecular weight excluding hydrogens is 1050 g/mol. The second kappa shape index (κ2) is 19.6. The zero-order valence-corrected chi connectivity index (χ0v) is 53.9. The van der Waals surface area contributed by atoms with E-state index in [9.17, 15) is 0 Å². The van der Waals surface area contributed by atoms with Gasteiger partial charge in [0.1, 0.15) is 0 Å². The van der Waals surface area contributed by atoms with E-state index < -0.39 is 0 Å². The molecule has 0 fully saturated rings. The Bertz CT molecular complexity index is 4580. The van der Waals surface area contributed by atoms with Gasteiger partial charge < -0.3 is 23.8 Å². The van der Waals surface area contributed by atoms with Gasteiger partial charge in [0.05, 0.1) is 33.6 Å². The zero-order valence-electron chi connectivity index (χ0n) is 53.9. The number of fused-ring (bicyclic) bond motifs is 10. The van der Waals surface area contributed by atoms with Gasteiger partial charge in [0.15, 0.2) is 0 Å².